The predicted octanol–water partition coefficient (Wildman–Crippen LogP) is 0.751. The SMILES string of the molecule is Cc1ccc(CC(N)c2nn[nH]n2)cc1. The van der Waals surface area contributed by atoms with E-state index < -0.39 is 0 Å². The van der Waals surface area contributed by atoms with E-state index in [0.29, 0.717) is 5.82 Å². The quantitative estimate of drug-likeness (QED) is 0.771. The topological polar surface area (TPSA) is 80.5 Å². The summed E-state index contributed by atoms with van der Waals surface area (Å²) in [6, 6.07) is 8.06. The molecule has 15 heavy (non-hydrogen) atoms. The van der Waals surface area contributed by atoms with Crippen LogP contribution in [0.3, 0.4) is 0 Å². The Balaban J connectivity index is 2.06. The molecule has 1 heterocycles. The molecule has 1 aromatic carbocycles. The van der Waals surface area contributed by atoms with E-state index in [4.69, 9.17) is 5.73 Å². The van der Waals surface area contributed by atoms with Crippen LogP contribution in [0, 0.1) is 6.92 Å². The van der Waals surface area contributed by atoms with Gasteiger partial charge in [-0.2, -0.15) is 5.21 Å². The van der Waals surface area contributed by atoms with Gasteiger partial charge in [0.15, 0.2) is 5.82 Å². The van der Waals surface area contributed by atoms with Gasteiger partial charge < -0.3 is 5.73 Å². The van der Waals surface area contributed by atoms with Crippen LogP contribution >= 0.6 is 0 Å². The lowest BCUT2D eigenvalue weighted by atomic mass is 10.0. The molecule has 0 amide bonds. The standard InChI is InChI=1S/C10H13N5/c1-7-2-4-8(5-3-7)6-9(11)10-12-14-15-13-10/h2-5,9H,6,11H2,1H3,(H,12,13,14,15). The molecule has 0 fully saturated rings. The Morgan fingerprint density at radius 1 is 1.33 bits per heavy atom. The second-order valence-electron chi connectivity index (χ2n) is 3.57. The molecule has 1 aromatic heterocycles. The summed E-state index contributed by atoms with van der Waals surface area (Å²) in [4.78, 5) is 0. The van der Waals surface area contributed by atoms with Crippen molar-refractivity contribution in [1.82, 2.24) is 20.6 Å². The van der Waals surface area contributed by atoms with Gasteiger partial charge in [0.2, 0.25) is 0 Å². The van der Waals surface area contributed by atoms with Gasteiger partial charge in [-0.25, -0.2) is 0 Å². The predicted molar refractivity (Wildman–Crippen MR) is 56.0 cm³/mol. The smallest absolute Gasteiger partial charge is 0.191 e. The molecule has 0 saturated heterocycles. The van der Waals surface area contributed by atoms with Crippen molar-refractivity contribution in [3.8, 4) is 0 Å². The maximum Gasteiger partial charge on any atom is 0.191 e. The summed E-state index contributed by atoms with van der Waals surface area (Å²) in [7, 11) is 0. The van der Waals surface area contributed by atoms with E-state index in [1.807, 2.05) is 0 Å². The molecule has 0 radical (unpaired) electrons. The lowest BCUT2D eigenvalue weighted by Gasteiger charge is -2.06. The number of aryl methyl sites for hydroxylation is 1. The number of nitrogens with one attached hydrogen (secondary N) is 1. The number of tetrazole rings is 1. The molecule has 1 unspecified atom stereocenters. The minimum atomic E-state index is -0.202. The molecule has 0 aliphatic carbocycles. The highest BCUT2D eigenvalue weighted by atomic mass is 15.5. The monoisotopic (exact) mass is 203 g/mol. The Morgan fingerprint density at radius 2 is 2.07 bits per heavy atom. The van der Waals surface area contributed by atoms with Crippen LogP contribution in [0.4, 0.5) is 0 Å². The van der Waals surface area contributed by atoms with E-state index >= 15 is 0 Å². The Labute approximate surface area is 87.7 Å². The minimum Gasteiger partial charge on any atom is -0.321 e. The average molecular weight is 203 g/mol. The second-order valence-corrected chi connectivity index (χ2v) is 3.57. The van der Waals surface area contributed by atoms with E-state index in [-0.39, 0.29) is 6.04 Å². The second kappa shape index (κ2) is 4.18. The molecule has 0 aliphatic heterocycles. The van der Waals surface area contributed by atoms with Crippen molar-refractivity contribution in [3.63, 3.8) is 0 Å². The third-order valence-electron chi connectivity index (χ3n) is 2.27. The van der Waals surface area contributed by atoms with Crippen molar-refractivity contribution in [1.29, 1.82) is 0 Å². The molecule has 5 heteroatoms. The normalized spacial score (nSPS) is 12.7. The Bertz CT molecular complexity index is 406. The van der Waals surface area contributed by atoms with E-state index in [2.05, 4.69) is 51.8 Å². The van der Waals surface area contributed by atoms with Crippen molar-refractivity contribution in [2.45, 2.75) is 19.4 Å². The fraction of sp³-hybridized carbons (Fsp3) is 0.300. The molecule has 1 atom stereocenters. The maximum atomic E-state index is 5.92. The Morgan fingerprint density at radius 3 is 2.67 bits per heavy atom. The van der Waals surface area contributed by atoms with Gasteiger partial charge in [0.25, 0.3) is 0 Å². The average Bonchev–Trinajstić information content (AvgIpc) is 2.74. The zero-order valence-corrected chi connectivity index (χ0v) is 8.51. The number of aromatic amines is 1. The molecule has 0 saturated carbocycles. The summed E-state index contributed by atoms with van der Waals surface area (Å²) in [6.07, 6.45) is 0.722. The summed E-state index contributed by atoms with van der Waals surface area (Å²) >= 11 is 0. The van der Waals surface area contributed by atoms with Gasteiger partial charge in [0, 0.05) is 0 Å². The first-order valence-corrected chi connectivity index (χ1v) is 4.80. The number of nitrogens with zero attached hydrogens (tertiary/aromatic N) is 3. The van der Waals surface area contributed by atoms with Gasteiger partial charge in [-0.1, -0.05) is 35.0 Å². The highest BCUT2D eigenvalue weighted by Crippen LogP contribution is 2.11. The number of rotatable bonds is 3. The molecule has 5 nitrogen and oxygen atoms in total. The summed E-state index contributed by atoms with van der Waals surface area (Å²) in [5, 5.41) is 13.6. The number of hydrogen-bond donors (Lipinski definition) is 2. The first-order chi connectivity index (χ1) is 7.25. The van der Waals surface area contributed by atoms with Crippen LogP contribution in [0.25, 0.3) is 0 Å². The maximum absolute atomic E-state index is 5.92. The van der Waals surface area contributed by atoms with Crippen molar-refractivity contribution in [2.75, 3.05) is 0 Å². The minimum absolute atomic E-state index is 0.202. The van der Waals surface area contributed by atoms with E-state index in [0.717, 1.165) is 6.42 Å². The van der Waals surface area contributed by atoms with Crippen molar-refractivity contribution < 1.29 is 0 Å². The zero-order valence-electron chi connectivity index (χ0n) is 8.51. The Kier molecular flexibility index (Phi) is 2.73. The molecular formula is C10H13N5. The highest BCUT2D eigenvalue weighted by molar-refractivity contribution is 5.22. The molecule has 78 valence electrons. The van der Waals surface area contributed by atoms with Gasteiger partial charge in [-0.05, 0) is 18.9 Å². The van der Waals surface area contributed by atoms with Crippen molar-refractivity contribution in [2.24, 2.45) is 5.73 Å². The van der Waals surface area contributed by atoms with E-state index in [9.17, 15) is 0 Å². The molecule has 0 spiro atoms. The van der Waals surface area contributed by atoms with Crippen LogP contribution in [0.2, 0.25) is 0 Å². The zero-order chi connectivity index (χ0) is 10.7. The molecule has 2 rings (SSSR count). The van der Waals surface area contributed by atoms with Crippen LogP contribution in [0.15, 0.2) is 24.3 Å². The first kappa shape index (κ1) is 9.79. The number of benzene rings is 1. The number of aromatic nitrogens is 4. The number of hydrogen-bond acceptors (Lipinski definition) is 4. The van der Waals surface area contributed by atoms with Gasteiger partial charge in [-0.15, -0.1) is 10.2 Å². The van der Waals surface area contributed by atoms with Crippen LogP contribution < -0.4 is 5.73 Å². The lowest BCUT2D eigenvalue weighted by Crippen LogP contribution is -2.15. The lowest BCUT2D eigenvalue weighted by molar-refractivity contribution is 0.669. The van der Waals surface area contributed by atoms with Crippen LogP contribution in [0.1, 0.15) is 23.0 Å². The van der Waals surface area contributed by atoms with Crippen LogP contribution in [0.5, 0.6) is 0 Å². The number of nitrogens with two attached hydrogens (primary N) is 1. The summed E-state index contributed by atoms with van der Waals surface area (Å²) < 4.78 is 0. The van der Waals surface area contributed by atoms with Crippen LogP contribution in [-0.2, 0) is 6.42 Å². The first-order valence-electron chi connectivity index (χ1n) is 4.80. The summed E-state index contributed by atoms with van der Waals surface area (Å²) in [5.41, 5.74) is 8.35. The molecular weight excluding hydrogens is 190 g/mol. The summed E-state index contributed by atoms with van der Waals surface area (Å²) in [5.74, 6) is 0.551. The summed E-state index contributed by atoms with van der Waals surface area (Å²) in [6.45, 7) is 2.06. The van der Waals surface area contributed by atoms with Gasteiger partial charge >= 0.3 is 0 Å². The molecule has 0 aliphatic rings. The third kappa shape index (κ3) is 2.38. The van der Waals surface area contributed by atoms with E-state index in [1.165, 1.54) is 11.1 Å². The fourth-order valence-electron chi connectivity index (χ4n) is 1.40. The van der Waals surface area contributed by atoms with Gasteiger partial charge in [0.05, 0.1) is 6.04 Å². The van der Waals surface area contributed by atoms with Gasteiger partial charge in [-0.3, -0.25) is 0 Å². The van der Waals surface area contributed by atoms with Crippen LogP contribution in [-0.4, -0.2) is 20.6 Å². The Hall–Kier alpha value is -1.75. The van der Waals surface area contributed by atoms with Crippen molar-refractivity contribution >= 4 is 0 Å². The van der Waals surface area contributed by atoms with E-state index in [1.54, 1.807) is 0 Å². The third-order valence-corrected chi connectivity index (χ3v) is 2.27. The molecule has 0 bridgehead atoms. The molecule has 2 aromatic rings. The molecule has 3 N–H and O–H groups in total. The number of H-pyrrole nitrogens is 1. The largest absolute Gasteiger partial charge is 0.321 e. The van der Waals surface area contributed by atoms with Crippen molar-refractivity contribution in [3.05, 3.63) is 41.2 Å². The highest BCUT2D eigenvalue weighted by Gasteiger charge is 2.10. The fourth-order valence-corrected chi connectivity index (χ4v) is 1.40. The van der Waals surface area contributed by atoms with Gasteiger partial charge in [0.1, 0.15) is 0 Å².